The zero-order chi connectivity index (χ0) is 14.5. The number of pyridine rings is 1. The molecule has 1 aliphatic rings. The maximum Gasteiger partial charge on any atom is 0.224 e. The van der Waals surface area contributed by atoms with Crippen molar-refractivity contribution in [3.63, 3.8) is 0 Å². The van der Waals surface area contributed by atoms with Gasteiger partial charge >= 0.3 is 0 Å². The Morgan fingerprint density at radius 3 is 2.80 bits per heavy atom. The molecule has 1 aliphatic heterocycles. The van der Waals surface area contributed by atoms with Crippen molar-refractivity contribution in [2.24, 2.45) is 5.73 Å². The van der Waals surface area contributed by atoms with Gasteiger partial charge in [-0.2, -0.15) is 0 Å². The minimum atomic E-state index is 0.206. The molecule has 0 radical (unpaired) electrons. The van der Waals surface area contributed by atoms with Crippen molar-refractivity contribution in [1.29, 1.82) is 0 Å². The first-order valence-electron chi connectivity index (χ1n) is 6.86. The van der Waals surface area contributed by atoms with E-state index in [2.05, 4.69) is 10.3 Å². The monoisotopic (exact) mass is 292 g/mol. The van der Waals surface area contributed by atoms with Gasteiger partial charge in [0, 0.05) is 37.3 Å². The Morgan fingerprint density at radius 2 is 2.15 bits per heavy atom. The summed E-state index contributed by atoms with van der Waals surface area (Å²) in [6, 6.07) is 3.67. The van der Waals surface area contributed by atoms with Gasteiger partial charge in [-0.15, -0.1) is 0 Å². The van der Waals surface area contributed by atoms with Crippen molar-refractivity contribution < 1.29 is 4.79 Å². The number of carbonyl (C=O) groups excluding carboxylic acids is 1. The molecule has 0 atom stereocenters. The van der Waals surface area contributed by atoms with Crippen LogP contribution in [-0.2, 0) is 4.79 Å². The number of likely N-dealkylation sites (tertiary alicyclic amines) is 1. The van der Waals surface area contributed by atoms with Crippen molar-refractivity contribution in [2.45, 2.75) is 26.2 Å². The highest BCUT2D eigenvalue weighted by molar-refractivity contribution is 7.80. The summed E-state index contributed by atoms with van der Waals surface area (Å²) in [6.07, 6.45) is 2.73. The number of hydrogen-bond donors (Lipinski definition) is 2. The van der Waals surface area contributed by atoms with Crippen molar-refractivity contribution in [3.8, 4) is 0 Å². The van der Waals surface area contributed by atoms with Crippen LogP contribution in [0.1, 0.15) is 30.5 Å². The SMILES string of the molecule is Cc1cc(C(N)=S)cc(NCCC(=O)N2CCCC2)n1. The lowest BCUT2D eigenvalue weighted by Crippen LogP contribution is -2.29. The van der Waals surface area contributed by atoms with Crippen LogP contribution in [0.2, 0.25) is 0 Å². The first-order chi connectivity index (χ1) is 9.56. The number of rotatable bonds is 5. The van der Waals surface area contributed by atoms with Crippen molar-refractivity contribution in [1.82, 2.24) is 9.88 Å². The average molecular weight is 292 g/mol. The second kappa shape index (κ2) is 6.65. The third-order valence-electron chi connectivity index (χ3n) is 3.34. The molecule has 0 aromatic carbocycles. The van der Waals surface area contributed by atoms with Crippen LogP contribution >= 0.6 is 12.2 Å². The maximum atomic E-state index is 11.9. The number of nitrogens with zero attached hydrogens (tertiary/aromatic N) is 2. The fourth-order valence-electron chi connectivity index (χ4n) is 2.32. The fraction of sp³-hybridized carbons (Fsp3) is 0.500. The summed E-state index contributed by atoms with van der Waals surface area (Å²) in [5.74, 6) is 0.916. The second-order valence-electron chi connectivity index (χ2n) is 5.01. The number of nitrogens with one attached hydrogen (secondary N) is 1. The molecule has 1 saturated heterocycles. The van der Waals surface area contributed by atoms with E-state index >= 15 is 0 Å². The minimum absolute atomic E-state index is 0.206. The lowest BCUT2D eigenvalue weighted by molar-refractivity contribution is -0.129. The molecular weight excluding hydrogens is 272 g/mol. The van der Waals surface area contributed by atoms with Gasteiger partial charge in [-0.05, 0) is 31.9 Å². The summed E-state index contributed by atoms with van der Waals surface area (Å²) in [7, 11) is 0. The van der Waals surface area contributed by atoms with E-state index in [1.54, 1.807) is 0 Å². The number of aryl methyl sites for hydroxylation is 1. The van der Waals surface area contributed by atoms with E-state index in [1.807, 2.05) is 24.0 Å². The molecule has 1 aromatic heterocycles. The van der Waals surface area contributed by atoms with E-state index in [0.717, 1.165) is 37.2 Å². The molecule has 1 fully saturated rings. The summed E-state index contributed by atoms with van der Waals surface area (Å²) >= 11 is 4.97. The molecule has 2 heterocycles. The molecule has 3 N–H and O–H groups in total. The second-order valence-corrected chi connectivity index (χ2v) is 5.45. The Hall–Kier alpha value is -1.69. The van der Waals surface area contributed by atoms with Gasteiger partial charge < -0.3 is 16.0 Å². The van der Waals surface area contributed by atoms with Crippen LogP contribution in [0.3, 0.4) is 0 Å². The third-order valence-corrected chi connectivity index (χ3v) is 3.58. The van der Waals surface area contributed by atoms with Gasteiger partial charge in [-0.3, -0.25) is 4.79 Å². The first kappa shape index (κ1) is 14.7. The van der Waals surface area contributed by atoms with Gasteiger partial charge in [0.25, 0.3) is 0 Å². The van der Waals surface area contributed by atoms with E-state index < -0.39 is 0 Å². The molecule has 108 valence electrons. The van der Waals surface area contributed by atoms with Gasteiger partial charge in [0.1, 0.15) is 10.8 Å². The Morgan fingerprint density at radius 1 is 1.45 bits per heavy atom. The van der Waals surface area contributed by atoms with Crippen molar-refractivity contribution in [2.75, 3.05) is 25.0 Å². The number of thiocarbonyl (C=S) groups is 1. The van der Waals surface area contributed by atoms with Crippen LogP contribution in [-0.4, -0.2) is 40.4 Å². The molecular formula is C14H20N4OS. The zero-order valence-corrected chi connectivity index (χ0v) is 12.5. The normalized spacial score (nSPS) is 14.3. The highest BCUT2D eigenvalue weighted by atomic mass is 32.1. The van der Waals surface area contributed by atoms with Crippen molar-refractivity contribution >= 4 is 28.9 Å². The Kier molecular flexibility index (Phi) is 4.89. The average Bonchev–Trinajstić information content (AvgIpc) is 2.91. The van der Waals surface area contributed by atoms with Gasteiger partial charge in [-0.25, -0.2) is 4.98 Å². The highest BCUT2D eigenvalue weighted by Gasteiger charge is 2.17. The predicted molar refractivity (Wildman–Crippen MR) is 83.8 cm³/mol. The van der Waals surface area contributed by atoms with Gasteiger partial charge in [0.15, 0.2) is 0 Å². The van der Waals surface area contributed by atoms with E-state index in [1.165, 1.54) is 0 Å². The molecule has 6 heteroatoms. The Balaban J connectivity index is 1.87. The largest absolute Gasteiger partial charge is 0.389 e. The summed E-state index contributed by atoms with van der Waals surface area (Å²) in [5, 5.41) is 3.16. The van der Waals surface area contributed by atoms with E-state index in [0.29, 0.717) is 23.8 Å². The van der Waals surface area contributed by atoms with Crippen LogP contribution in [0.25, 0.3) is 0 Å². The number of carbonyl (C=O) groups is 1. The highest BCUT2D eigenvalue weighted by Crippen LogP contribution is 2.11. The zero-order valence-electron chi connectivity index (χ0n) is 11.7. The van der Waals surface area contributed by atoms with E-state index in [-0.39, 0.29) is 5.91 Å². The quantitative estimate of drug-likeness (QED) is 0.804. The summed E-state index contributed by atoms with van der Waals surface area (Å²) in [4.78, 5) is 18.5. The van der Waals surface area contributed by atoms with Crippen LogP contribution in [0.15, 0.2) is 12.1 Å². The summed E-state index contributed by atoms with van der Waals surface area (Å²) < 4.78 is 0. The molecule has 1 aromatic rings. The maximum absolute atomic E-state index is 11.9. The third kappa shape index (κ3) is 3.90. The lowest BCUT2D eigenvalue weighted by Gasteiger charge is -2.15. The molecule has 2 rings (SSSR count). The van der Waals surface area contributed by atoms with Crippen LogP contribution in [0.5, 0.6) is 0 Å². The molecule has 0 saturated carbocycles. The summed E-state index contributed by atoms with van der Waals surface area (Å²) in [6.45, 7) is 4.26. The Bertz CT molecular complexity index is 512. The molecule has 0 spiro atoms. The smallest absolute Gasteiger partial charge is 0.224 e. The molecule has 0 unspecified atom stereocenters. The van der Waals surface area contributed by atoms with E-state index in [9.17, 15) is 4.79 Å². The van der Waals surface area contributed by atoms with Gasteiger partial charge in [0.05, 0.1) is 0 Å². The van der Waals surface area contributed by atoms with Crippen LogP contribution in [0.4, 0.5) is 5.82 Å². The van der Waals surface area contributed by atoms with Crippen molar-refractivity contribution in [3.05, 3.63) is 23.4 Å². The summed E-state index contributed by atoms with van der Waals surface area (Å²) in [5.41, 5.74) is 7.27. The van der Waals surface area contributed by atoms with Gasteiger partial charge in [0.2, 0.25) is 5.91 Å². The molecule has 20 heavy (non-hydrogen) atoms. The molecule has 0 bridgehead atoms. The minimum Gasteiger partial charge on any atom is -0.389 e. The van der Waals surface area contributed by atoms with E-state index in [4.69, 9.17) is 18.0 Å². The molecule has 5 nitrogen and oxygen atoms in total. The fourth-order valence-corrected chi connectivity index (χ4v) is 2.44. The number of anilines is 1. The van der Waals surface area contributed by atoms with Crippen LogP contribution in [0, 0.1) is 6.92 Å². The Labute approximate surface area is 124 Å². The lowest BCUT2D eigenvalue weighted by atomic mass is 10.2. The van der Waals surface area contributed by atoms with Gasteiger partial charge in [-0.1, -0.05) is 12.2 Å². The van der Waals surface area contributed by atoms with Crippen LogP contribution < -0.4 is 11.1 Å². The molecule has 1 amide bonds. The number of hydrogen-bond acceptors (Lipinski definition) is 4. The topological polar surface area (TPSA) is 71.2 Å². The molecule has 0 aliphatic carbocycles. The number of nitrogens with two attached hydrogens (primary N) is 1. The number of aromatic nitrogens is 1. The standard InChI is InChI=1S/C14H20N4OS/c1-10-8-11(14(15)20)9-12(17-10)16-5-4-13(19)18-6-2-3-7-18/h8-9H,2-7H2,1H3,(H2,15,20)(H,16,17). The number of amides is 1. The first-order valence-corrected chi connectivity index (χ1v) is 7.27. The predicted octanol–water partition coefficient (Wildman–Crippen LogP) is 1.45.